The van der Waals surface area contributed by atoms with Crippen LogP contribution in [0.1, 0.15) is 62.8 Å². The van der Waals surface area contributed by atoms with Gasteiger partial charge in [-0.25, -0.2) is 9.37 Å². The van der Waals surface area contributed by atoms with E-state index < -0.39 is 35.2 Å². The third kappa shape index (κ3) is 4.10. The van der Waals surface area contributed by atoms with E-state index in [1.807, 2.05) is 4.90 Å². The number of rotatable bonds is 4. The van der Waals surface area contributed by atoms with Crippen LogP contribution in [0, 0.1) is 24.1 Å². The number of piperidine rings is 1. The van der Waals surface area contributed by atoms with Gasteiger partial charge in [0.15, 0.2) is 23.0 Å². The van der Waals surface area contributed by atoms with Crippen LogP contribution in [0.25, 0.3) is 5.65 Å². The van der Waals surface area contributed by atoms with E-state index in [4.69, 9.17) is 4.74 Å². The molecule has 0 amide bonds. The molecule has 1 aliphatic carbocycles. The summed E-state index contributed by atoms with van der Waals surface area (Å²) in [7, 11) is 1.46. The molecule has 11 heteroatoms. The lowest BCUT2D eigenvalue weighted by atomic mass is 9.80. The molecule has 2 aromatic heterocycles. The molecule has 7 nitrogen and oxygen atoms in total. The zero-order chi connectivity index (χ0) is 24.1. The Kier molecular flexibility index (Phi) is 5.94. The second-order valence-electron chi connectivity index (χ2n) is 9.47. The molecule has 0 unspecified atom stereocenters. The number of aliphatic carboxylic acids is 1. The van der Waals surface area contributed by atoms with E-state index in [-0.39, 0.29) is 43.6 Å². The number of carboxylic acid groups (broad SMARTS) is 1. The summed E-state index contributed by atoms with van der Waals surface area (Å²) >= 11 is 0. The third-order valence-electron chi connectivity index (χ3n) is 7.13. The molecule has 0 bridgehead atoms. The molecule has 0 aromatic carbocycles. The maximum atomic E-state index is 15.5. The van der Waals surface area contributed by atoms with Crippen LogP contribution in [-0.2, 0) is 4.79 Å². The predicted molar refractivity (Wildman–Crippen MR) is 112 cm³/mol. The zero-order valence-electron chi connectivity index (χ0n) is 18.9. The summed E-state index contributed by atoms with van der Waals surface area (Å²) in [6, 6.07) is 0. The summed E-state index contributed by atoms with van der Waals surface area (Å²) in [6.07, 6.45) is -2.86. The van der Waals surface area contributed by atoms with Gasteiger partial charge in [0.2, 0.25) is 0 Å². The molecular weight excluding hydrogens is 444 g/mol. The van der Waals surface area contributed by atoms with Crippen molar-refractivity contribution >= 4 is 17.4 Å². The molecule has 2 aliphatic rings. The number of aryl methyl sites for hydroxylation is 1. The van der Waals surface area contributed by atoms with Crippen molar-refractivity contribution in [2.45, 2.75) is 64.5 Å². The Bertz CT molecular complexity index is 1060. The van der Waals surface area contributed by atoms with Gasteiger partial charge in [0.25, 0.3) is 0 Å². The Morgan fingerprint density at radius 1 is 1.24 bits per heavy atom. The average molecular weight is 472 g/mol. The molecule has 1 saturated carbocycles. The smallest absolute Gasteiger partial charge is 0.391 e. The molecule has 4 rings (SSSR count). The molecule has 2 aromatic rings. The average Bonchev–Trinajstić information content (AvgIpc) is 3.08. The standard InChI is InChI=1S/C22H28F4N4O3/c1-12-17(33-3)19(29-10-4-9-21(2,11-29)20(31)32)30-18(27-12)15(23)16(28-30)13-5-7-14(8-6-13)22(24,25)26/h13-14H,4-11H2,1-3H3,(H,31,32)/t13?,14?,21-/m1/s1. The molecule has 2 fully saturated rings. The maximum Gasteiger partial charge on any atom is 0.391 e. The van der Waals surface area contributed by atoms with E-state index in [0.29, 0.717) is 36.6 Å². The lowest BCUT2D eigenvalue weighted by Gasteiger charge is -2.39. The second kappa shape index (κ2) is 8.32. The van der Waals surface area contributed by atoms with Crippen LogP contribution in [0.4, 0.5) is 23.4 Å². The highest BCUT2D eigenvalue weighted by atomic mass is 19.4. The van der Waals surface area contributed by atoms with Crippen LogP contribution in [0.2, 0.25) is 0 Å². The van der Waals surface area contributed by atoms with Gasteiger partial charge in [-0.1, -0.05) is 0 Å². The quantitative estimate of drug-likeness (QED) is 0.649. The molecule has 1 aliphatic heterocycles. The number of carbonyl (C=O) groups is 1. The van der Waals surface area contributed by atoms with Crippen LogP contribution in [0.15, 0.2) is 0 Å². The number of aromatic nitrogens is 3. The summed E-state index contributed by atoms with van der Waals surface area (Å²) in [4.78, 5) is 18.0. The van der Waals surface area contributed by atoms with Crippen molar-refractivity contribution in [2.75, 3.05) is 25.1 Å². The predicted octanol–water partition coefficient (Wildman–Crippen LogP) is 4.71. The Labute approximate surface area is 188 Å². The number of alkyl halides is 3. The van der Waals surface area contributed by atoms with Crippen LogP contribution in [-0.4, -0.2) is 52.0 Å². The molecule has 1 N–H and O–H groups in total. The Balaban J connectivity index is 1.76. The minimum absolute atomic E-state index is 0.0288. The van der Waals surface area contributed by atoms with Crippen LogP contribution in [0.3, 0.4) is 0 Å². The van der Waals surface area contributed by atoms with Crippen molar-refractivity contribution < 1.29 is 32.2 Å². The van der Waals surface area contributed by atoms with Crippen molar-refractivity contribution in [3.8, 4) is 5.75 Å². The Morgan fingerprint density at radius 3 is 2.48 bits per heavy atom. The lowest BCUT2D eigenvalue weighted by Crippen LogP contribution is -2.47. The van der Waals surface area contributed by atoms with Crippen molar-refractivity contribution in [1.82, 2.24) is 14.6 Å². The monoisotopic (exact) mass is 472 g/mol. The molecule has 33 heavy (non-hydrogen) atoms. The fourth-order valence-electron chi connectivity index (χ4n) is 5.18. The summed E-state index contributed by atoms with van der Waals surface area (Å²) < 4.78 is 61.5. The van der Waals surface area contributed by atoms with Gasteiger partial charge in [-0.15, -0.1) is 0 Å². The van der Waals surface area contributed by atoms with Crippen LogP contribution >= 0.6 is 0 Å². The summed E-state index contributed by atoms with van der Waals surface area (Å²) in [5.74, 6) is -2.58. The maximum absolute atomic E-state index is 15.5. The van der Waals surface area contributed by atoms with Gasteiger partial charge in [0.1, 0.15) is 5.69 Å². The molecule has 1 atom stereocenters. The normalized spacial score (nSPS) is 26.6. The number of ether oxygens (including phenoxy) is 1. The highest BCUT2D eigenvalue weighted by Crippen LogP contribution is 2.44. The number of hydrogen-bond donors (Lipinski definition) is 1. The van der Waals surface area contributed by atoms with E-state index in [1.165, 1.54) is 11.6 Å². The summed E-state index contributed by atoms with van der Waals surface area (Å²) in [5.41, 5.74) is -0.486. The fourth-order valence-corrected chi connectivity index (χ4v) is 5.18. The van der Waals surface area contributed by atoms with Crippen molar-refractivity contribution in [1.29, 1.82) is 0 Å². The van der Waals surface area contributed by atoms with Crippen molar-refractivity contribution in [2.24, 2.45) is 11.3 Å². The first-order valence-electron chi connectivity index (χ1n) is 11.1. The summed E-state index contributed by atoms with van der Waals surface area (Å²) in [5, 5.41) is 14.2. The van der Waals surface area contributed by atoms with Gasteiger partial charge in [0, 0.05) is 19.0 Å². The Morgan fingerprint density at radius 2 is 1.91 bits per heavy atom. The van der Waals surface area contributed by atoms with Crippen LogP contribution in [0.5, 0.6) is 5.75 Å². The molecule has 182 valence electrons. The number of fused-ring (bicyclic) bond motifs is 1. The zero-order valence-corrected chi connectivity index (χ0v) is 18.9. The number of anilines is 1. The van der Waals surface area contributed by atoms with Gasteiger partial charge in [-0.2, -0.15) is 22.8 Å². The molecule has 0 spiro atoms. The van der Waals surface area contributed by atoms with E-state index in [1.54, 1.807) is 13.8 Å². The number of nitrogens with zero attached hydrogens (tertiary/aromatic N) is 4. The molecule has 1 saturated heterocycles. The van der Waals surface area contributed by atoms with Crippen molar-refractivity contribution in [3.05, 3.63) is 17.2 Å². The number of hydrogen-bond acceptors (Lipinski definition) is 5. The van der Waals surface area contributed by atoms with Gasteiger partial charge >= 0.3 is 12.1 Å². The first kappa shape index (κ1) is 23.6. The fraction of sp³-hybridized carbons (Fsp3) is 0.682. The summed E-state index contributed by atoms with van der Waals surface area (Å²) in [6.45, 7) is 4.06. The number of halogens is 4. The van der Waals surface area contributed by atoms with Crippen LogP contribution < -0.4 is 9.64 Å². The first-order valence-corrected chi connectivity index (χ1v) is 11.1. The Hall–Kier alpha value is -2.59. The minimum atomic E-state index is -4.24. The number of methoxy groups -OCH3 is 1. The second-order valence-corrected chi connectivity index (χ2v) is 9.47. The number of carboxylic acids is 1. The van der Waals surface area contributed by atoms with Gasteiger partial charge in [0.05, 0.1) is 24.1 Å². The van der Waals surface area contributed by atoms with E-state index >= 15 is 4.39 Å². The first-order chi connectivity index (χ1) is 15.5. The van der Waals surface area contributed by atoms with Gasteiger partial charge in [-0.3, -0.25) is 4.79 Å². The lowest BCUT2D eigenvalue weighted by molar-refractivity contribution is -0.182. The van der Waals surface area contributed by atoms with Gasteiger partial charge in [-0.05, 0) is 52.4 Å². The molecular formula is C22H28F4N4O3. The topological polar surface area (TPSA) is 80.0 Å². The van der Waals surface area contributed by atoms with E-state index in [2.05, 4.69) is 10.1 Å². The minimum Gasteiger partial charge on any atom is -0.491 e. The highest BCUT2D eigenvalue weighted by molar-refractivity contribution is 5.76. The molecule has 3 heterocycles. The van der Waals surface area contributed by atoms with Crippen molar-refractivity contribution in [3.63, 3.8) is 0 Å². The largest absolute Gasteiger partial charge is 0.491 e. The van der Waals surface area contributed by atoms with E-state index in [0.717, 1.165) is 0 Å². The SMILES string of the molecule is COc1c(C)nc2c(F)c(C3CCC(C(F)(F)F)CC3)nn2c1N1CCC[C@@](C)(C(=O)O)C1. The van der Waals surface area contributed by atoms with E-state index in [9.17, 15) is 23.1 Å². The highest BCUT2D eigenvalue weighted by Gasteiger charge is 2.43. The third-order valence-corrected chi connectivity index (χ3v) is 7.13. The molecule has 0 radical (unpaired) electrons. The van der Waals surface area contributed by atoms with Gasteiger partial charge < -0.3 is 14.7 Å².